The van der Waals surface area contributed by atoms with Gasteiger partial charge in [-0.2, -0.15) is 0 Å². The van der Waals surface area contributed by atoms with Gasteiger partial charge in [-0.05, 0) is 31.1 Å². The molecule has 0 saturated heterocycles. The second kappa shape index (κ2) is 4.12. The molecule has 0 spiro atoms. The molecule has 0 aromatic heterocycles. The lowest BCUT2D eigenvalue weighted by Crippen LogP contribution is -2.35. The van der Waals surface area contributed by atoms with Crippen molar-refractivity contribution in [2.45, 2.75) is 46.5 Å². The average Bonchev–Trinajstić information content (AvgIpc) is 2.97. The predicted octanol–water partition coefficient (Wildman–Crippen LogP) is 2.34. The first-order valence-electron chi connectivity index (χ1n) is 5.39. The van der Waals surface area contributed by atoms with Gasteiger partial charge in [-0.3, -0.25) is 4.79 Å². The monoisotopic (exact) mass is 183 g/mol. The molecule has 0 unspecified atom stereocenters. The number of nitrogens with one attached hydrogen (secondary N) is 1. The minimum Gasteiger partial charge on any atom is -0.355 e. The molecule has 0 aromatic rings. The fourth-order valence-electron chi connectivity index (χ4n) is 1.29. The van der Waals surface area contributed by atoms with Crippen LogP contribution in [0.5, 0.6) is 0 Å². The molecular weight excluding hydrogens is 162 g/mol. The molecule has 1 rings (SSSR count). The average molecular weight is 183 g/mol. The Labute approximate surface area is 81.1 Å². The zero-order chi connectivity index (χ0) is 9.90. The molecule has 0 bridgehead atoms. The summed E-state index contributed by atoms with van der Waals surface area (Å²) in [6.07, 6.45) is 4.46. The van der Waals surface area contributed by atoms with Crippen LogP contribution in [0.4, 0.5) is 0 Å². The van der Waals surface area contributed by atoms with Crippen LogP contribution in [0.1, 0.15) is 46.5 Å². The van der Waals surface area contributed by atoms with Gasteiger partial charge in [0.15, 0.2) is 0 Å². The molecular formula is C11H21NO. The molecule has 1 aliphatic rings. The Kier molecular flexibility index (Phi) is 3.34. The van der Waals surface area contributed by atoms with Crippen molar-refractivity contribution in [3.63, 3.8) is 0 Å². The summed E-state index contributed by atoms with van der Waals surface area (Å²) in [5, 5.41) is 3.05. The largest absolute Gasteiger partial charge is 0.355 e. The molecule has 1 N–H and O–H groups in total. The smallest absolute Gasteiger partial charge is 0.223 e. The first-order valence-corrected chi connectivity index (χ1v) is 5.39. The molecule has 1 aliphatic carbocycles. The number of hydrogen-bond donors (Lipinski definition) is 1. The van der Waals surface area contributed by atoms with Crippen LogP contribution in [0.15, 0.2) is 0 Å². The lowest BCUT2D eigenvalue weighted by molar-refractivity contribution is -0.122. The quantitative estimate of drug-likeness (QED) is 0.696. The summed E-state index contributed by atoms with van der Waals surface area (Å²) >= 11 is 0. The van der Waals surface area contributed by atoms with E-state index >= 15 is 0 Å². The molecule has 13 heavy (non-hydrogen) atoms. The van der Waals surface area contributed by atoms with Crippen molar-refractivity contribution in [3.8, 4) is 0 Å². The normalized spacial score (nSPS) is 17.2. The molecule has 2 heteroatoms. The summed E-state index contributed by atoms with van der Waals surface area (Å²) in [5.41, 5.74) is 0.296. The van der Waals surface area contributed by atoms with Gasteiger partial charge >= 0.3 is 0 Å². The summed E-state index contributed by atoms with van der Waals surface area (Å²) < 4.78 is 0. The van der Waals surface area contributed by atoms with E-state index in [1.807, 2.05) is 0 Å². The maximum atomic E-state index is 11.4. The highest BCUT2D eigenvalue weighted by Gasteiger charge is 2.30. The standard InChI is InChI=1S/C11H21NO/c1-4-11(3,5-2)8-12-10(13)9-6-7-9/h9H,4-8H2,1-3H3,(H,12,13). The molecule has 1 fully saturated rings. The van der Waals surface area contributed by atoms with Crippen LogP contribution in [0, 0.1) is 11.3 Å². The van der Waals surface area contributed by atoms with Gasteiger partial charge in [-0.15, -0.1) is 0 Å². The third kappa shape index (κ3) is 3.02. The van der Waals surface area contributed by atoms with Gasteiger partial charge in [0.25, 0.3) is 0 Å². The van der Waals surface area contributed by atoms with Crippen LogP contribution in [-0.4, -0.2) is 12.5 Å². The fraction of sp³-hybridized carbons (Fsp3) is 0.909. The number of amides is 1. The van der Waals surface area contributed by atoms with Gasteiger partial charge in [0.2, 0.25) is 5.91 Å². The van der Waals surface area contributed by atoms with E-state index in [0.29, 0.717) is 11.3 Å². The third-order valence-electron chi connectivity index (χ3n) is 3.34. The topological polar surface area (TPSA) is 29.1 Å². The van der Waals surface area contributed by atoms with E-state index in [4.69, 9.17) is 0 Å². The molecule has 76 valence electrons. The van der Waals surface area contributed by atoms with Crippen LogP contribution in [-0.2, 0) is 4.79 Å². The van der Waals surface area contributed by atoms with Crippen LogP contribution < -0.4 is 5.32 Å². The van der Waals surface area contributed by atoms with E-state index in [0.717, 1.165) is 32.2 Å². The predicted molar refractivity (Wildman–Crippen MR) is 54.4 cm³/mol. The van der Waals surface area contributed by atoms with E-state index < -0.39 is 0 Å². The summed E-state index contributed by atoms with van der Waals surface area (Å²) in [4.78, 5) is 11.4. The Balaban J connectivity index is 2.26. The molecule has 2 nitrogen and oxygen atoms in total. The van der Waals surface area contributed by atoms with E-state index in [1.165, 1.54) is 0 Å². The highest BCUT2D eigenvalue weighted by atomic mass is 16.2. The van der Waals surface area contributed by atoms with Gasteiger partial charge in [0.05, 0.1) is 0 Å². The fourth-order valence-corrected chi connectivity index (χ4v) is 1.29. The number of carbonyl (C=O) groups excluding carboxylic acids is 1. The van der Waals surface area contributed by atoms with E-state index in [2.05, 4.69) is 26.1 Å². The van der Waals surface area contributed by atoms with Gasteiger partial charge in [0, 0.05) is 12.5 Å². The number of rotatable bonds is 5. The maximum absolute atomic E-state index is 11.4. The van der Waals surface area contributed by atoms with Crippen LogP contribution in [0.3, 0.4) is 0 Å². The van der Waals surface area contributed by atoms with Crippen molar-refractivity contribution in [2.24, 2.45) is 11.3 Å². The first kappa shape index (κ1) is 10.6. The SMILES string of the molecule is CCC(C)(CC)CNC(=O)C1CC1. The Hall–Kier alpha value is -0.530. The second-order valence-electron chi connectivity index (χ2n) is 4.51. The van der Waals surface area contributed by atoms with Gasteiger partial charge in [0.1, 0.15) is 0 Å². The lowest BCUT2D eigenvalue weighted by atomic mass is 9.85. The Bertz CT molecular complexity index is 181. The van der Waals surface area contributed by atoms with Gasteiger partial charge in [-0.25, -0.2) is 0 Å². The highest BCUT2D eigenvalue weighted by Crippen LogP contribution is 2.30. The highest BCUT2D eigenvalue weighted by molar-refractivity contribution is 5.80. The van der Waals surface area contributed by atoms with E-state index in [-0.39, 0.29) is 5.91 Å². The second-order valence-corrected chi connectivity index (χ2v) is 4.51. The zero-order valence-corrected chi connectivity index (χ0v) is 9.02. The first-order chi connectivity index (χ1) is 6.11. The lowest BCUT2D eigenvalue weighted by Gasteiger charge is -2.26. The zero-order valence-electron chi connectivity index (χ0n) is 9.02. The Morgan fingerprint density at radius 2 is 1.92 bits per heavy atom. The van der Waals surface area contributed by atoms with E-state index in [9.17, 15) is 4.79 Å². The minimum atomic E-state index is 0.271. The molecule has 0 atom stereocenters. The molecule has 0 heterocycles. The summed E-state index contributed by atoms with van der Waals surface area (Å²) in [6, 6.07) is 0. The maximum Gasteiger partial charge on any atom is 0.223 e. The molecule has 0 aliphatic heterocycles. The number of carbonyl (C=O) groups is 1. The van der Waals surface area contributed by atoms with Crippen molar-refractivity contribution >= 4 is 5.91 Å². The molecule has 1 saturated carbocycles. The Morgan fingerprint density at radius 1 is 1.38 bits per heavy atom. The van der Waals surface area contributed by atoms with Crippen molar-refractivity contribution in [3.05, 3.63) is 0 Å². The molecule has 1 amide bonds. The molecule has 0 radical (unpaired) electrons. The summed E-state index contributed by atoms with van der Waals surface area (Å²) in [6.45, 7) is 7.45. The van der Waals surface area contributed by atoms with Gasteiger partial charge < -0.3 is 5.32 Å². The van der Waals surface area contributed by atoms with Crippen molar-refractivity contribution in [1.29, 1.82) is 0 Å². The van der Waals surface area contributed by atoms with Crippen molar-refractivity contribution < 1.29 is 4.79 Å². The third-order valence-corrected chi connectivity index (χ3v) is 3.34. The van der Waals surface area contributed by atoms with Crippen molar-refractivity contribution in [1.82, 2.24) is 5.32 Å². The molecule has 0 aromatic carbocycles. The van der Waals surface area contributed by atoms with Crippen LogP contribution >= 0.6 is 0 Å². The summed E-state index contributed by atoms with van der Waals surface area (Å²) in [7, 11) is 0. The van der Waals surface area contributed by atoms with Gasteiger partial charge in [-0.1, -0.05) is 20.8 Å². The van der Waals surface area contributed by atoms with Crippen molar-refractivity contribution in [2.75, 3.05) is 6.54 Å². The minimum absolute atomic E-state index is 0.271. The van der Waals surface area contributed by atoms with Crippen LogP contribution in [0.25, 0.3) is 0 Å². The van der Waals surface area contributed by atoms with E-state index in [1.54, 1.807) is 0 Å². The van der Waals surface area contributed by atoms with Crippen LogP contribution in [0.2, 0.25) is 0 Å². The number of hydrogen-bond acceptors (Lipinski definition) is 1. The summed E-state index contributed by atoms with van der Waals surface area (Å²) in [5.74, 6) is 0.617. The Morgan fingerprint density at radius 3 is 2.31 bits per heavy atom.